The summed E-state index contributed by atoms with van der Waals surface area (Å²) in [4.78, 5) is 14.7. The van der Waals surface area contributed by atoms with Crippen molar-refractivity contribution in [2.45, 2.75) is 42.8 Å². The van der Waals surface area contributed by atoms with Crippen LogP contribution in [0.15, 0.2) is 65.8 Å². The lowest BCUT2D eigenvalue weighted by molar-refractivity contribution is -0.131. The van der Waals surface area contributed by atoms with Crippen molar-refractivity contribution in [2.75, 3.05) is 12.8 Å². The Morgan fingerprint density at radius 3 is 2.35 bits per heavy atom. The standard InChI is InChI=1S/C24H25N5OS/c1-28(24(18-25)15-9-4-10-16-24)21(30)17-31-23-27-26-22(19-11-5-2-6-12-19)29(23)20-13-7-3-8-14-20/h2-3,5-8,11-14H,4,9-10,15-17H2,1H3. The van der Waals surface area contributed by atoms with Gasteiger partial charge in [-0.25, -0.2) is 0 Å². The number of nitriles is 1. The van der Waals surface area contributed by atoms with Crippen LogP contribution >= 0.6 is 11.8 Å². The van der Waals surface area contributed by atoms with Gasteiger partial charge in [-0.15, -0.1) is 10.2 Å². The SMILES string of the molecule is CN(C(=O)CSc1nnc(-c2ccccc2)n1-c1ccccc1)C1(C#N)CCCCC1. The molecule has 0 bridgehead atoms. The molecule has 0 saturated heterocycles. The predicted octanol–water partition coefficient (Wildman–Crippen LogP) is 4.71. The third-order valence-electron chi connectivity index (χ3n) is 5.91. The summed E-state index contributed by atoms with van der Waals surface area (Å²) in [6.07, 6.45) is 4.59. The highest BCUT2D eigenvalue weighted by atomic mass is 32.2. The summed E-state index contributed by atoms with van der Waals surface area (Å²) >= 11 is 1.36. The van der Waals surface area contributed by atoms with E-state index in [1.807, 2.05) is 65.2 Å². The van der Waals surface area contributed by atoms with Gasteiger partial charge < -0.3 is 4.90 Å². The van der Waals surface area contributed by atoms with Gasteiger partial charge in [-0.1, -0.05) is 79.6 Å². The first-order valence-electron chi connectivity index (χ1n) is 10.5. The van der Waals surface area contributed by atoms with Gasteiger partial charge in [0, 0.05) is 18.3 Å². The van der Waals surface area contributed by atoms with E-state index >= 15 is 0 Å². The van der Waals surface area contributed by atoms with E-state index in [1.54, 1.807) is 11.9 Å². The van der Waals surface area contributed by atoms with Crippen LogP contribution in [0.2, 0.25) is 0 Å². The Labute approximate surface area is 186 Å². The number of benzene rings is 2. The number of carbonyl (C=O) groups is 1. The van der Waals surface area contributed by atoms with Crippen molar-refractivity contribution in [3.63, 3.8) is 0 Å². The van der Waals surface area contributed by atoms with E-state index in [4.69, 9.17) is 0 Å². The first-order valence-corrected chi connectivity index (χ1v) is 11.5. The molecule has 1 aliphatic rings. The zero-order valence-electron chi connectivity index (χ0n) is 17.6. The number of para-hydroxylation sites is 1. The van der Waals surface area contributed by atoms with Gasteiger partial charge in [0.1, 0.15) is 5.54 Å². The molecule has 6 nitrogen and oxygen atoms in total. The number of rotatable bonds is 6. The second-order valence-corrected chi connectivity index (χ2v) is 8.73. The van der Waals surface area contributed by atoms with Crippen molar-refractivity contribution >= 4 is 17.7 Å². The second-order valence-electron chi connectivity index (χ2n) is 7.79. The van der Waals surface area contributed by atoms with Crippen molar-refractivity contribution < 1.29 is 4.79 Å². The highest BCUT2D eigenvalue weighted by Crippen LogP contribution is 2.33. The average Bonchev–Trinajstić information content (AvgIpc) is 3.27. The number of aromatic nitrogens is 3. The van der Waals surface area contributed by atoms with Crippen molar-refractivity contribution in [2.24, 2.45) is 0 Å². The lowest BCUT2D eigenvalue weighted by atomic mass is 9.81. The summed E-state index contributed by atoms with van der Waals surface area (Å²) in [6, 6.07) is 22.2. The van der Waals surface area contributed by atoms with Gasteiger partial charge in [0.25, 0.3) is 0 Å². The zero-order chi connectivity index (χ0) is 21.7. The van der Waals surface area contributed by atoms with Gasteiger partial charge in [-0.2, -0.15) is 5.26 Å². The fraction of sp³-hybridized carbons (Fsp3) is 0.333. The fourth-order valence-corrected chi connectivity index (χ4v) is 4.93. The summed E-state index contributed by atoms with van der Waals surface area (Å²) in [5.41, 5.74) is 1.22. The molecule has 0 N–H and O–H groups in total. The molecule has 1 heterocycles. The van der Waals surface area contributed by atoms with Crippen molar-refractivity contribution in [1.82, 2.24) is 19.7 Å². The minimum absolute atomic E-state index is 0.0580. The maximum Gasteiger partial charge on any atom is 0.234 e. The second kappa shape index (κ2) is 9.36. The Kier molecular flexibility index (Phi) is 6.38. The molecule has 0 aliphatic heterocycles. The highest BCUT2D eigenvalue weighted by Gasteiger charge is 2.38. The first kappa shape index (κ1) is 21.1. The molecular formula is C24H25N5OS. The molecule has 2 aromatic carbocycles. The van der Waals surface area contributed by atoms with Crippen molar-refractivity contribution in [3.05, 3.63) is 60.7 Å². The summed E-state index contributed by atoms with van der Waals surface area (Å²) < 4.78 is 1.98. The number of thioether (sulfide) groups is 1. The molecular weight excluding hydrogens is 406 g/mol. The van der Waals surface area contributed by atoms with Gasteiger partial charge in [0.15, 0.2) is 11.0 Å². The maximum atomic E-state index is 13.0. The monoisotopic (exact) mass is 431 g/mol. The van der Waals surface area contributed by atoms with Gasteiger partial charge in [0.05, 0.1) is 11.8 Å². The minimum Gasteiger partial charge on any atom is -0.326 e. The van der Waals surface area contributed by atoms with Crippen LogP contribution in [0.5, 0.6) is 0 Å². The molecule has 0 atom stereocenters. The molecule has 4 rings (SSSR count). The van der Waals surface area contributed by atoms with Gasteiger partial charge in [-0.3, -0.25) is 9.36 Å². The fourth-order valence-electron chi connectivity index (χ4n) is 4.07. The van der Waals surface area contributed by atoms with E-state index < -0.39 is 5.54 Å². The van der Waals surface area contributed by atoms with Crippen LogP contribution < -0.4 is 0 Å². The number of carbonyl (C=O) groups excluding carboxylic acids is 1. The molecule has 1 fully saturated rings. The molecule has 1 amide bonds. The lowest BCUT2D eigenvalue weighted by Crippen LogP contribution is -2.50. The molecule has 1 aromatic heterocycles. The van der Waals surface area contributed by atoms with Crippen LogP contribution in [0.4, 0.5) is 0 Å². The normalized spacial score (nSPS) is 15.2. The Morgan fingerprint density at radius 1 is 1.06 bits per heavy atom. The van der Waals surface area contributed by atoms with Crippen LogP contribution in [0.1, 0.15) is 32.1 Å². The van der Waals surface area contributed by atoms with E-state index in [2.05, 4.69) is 16.3 Å². The van der Waals surface area contributed by atoms with Crippen LogP contribution in [-0.2, 0) is 4.79 Å². The molecule has 1 saturated carbocycles. The highest BCUT2D eigenvalue weighted by molar-refractivity contribution is 7.99. The summed E-state index contributed by atoms with van der Waals surface area (Å²) in [6.45, 7) is 0. The average molecular weight is 432 g/mol. The van der Waals surface area contributed by atoms with Gasteiger partial charge >= 0.3 is 0 Å². The molecule has 0 unspecified atom stereocenters. The molecule has 0 radical (unpaired) electrons. The first-order chi connectivity index (χ1) is 15.1. The third kappa shape index (κ3) is 4.35. The Hall–Kier alpha value is -3.11. The van der Waals surface area contributed by atoms with Crippen LogP contribution in [-0.4, -0.2) is 43.9 Å². The number of nitrogens with zero attached hydrogens (tertiary/aromatic N) is 5. The summed E-state index contributed by atoms with van der Waals surface area (Å²) in [5, 5.41) is 19.3. The van der Waals surface area contributed by atoms with E-state index in [0.717, 1.165) is 49.2 Å². The molecule has 3 aromatic rings. The van der Waals surface area contributed by atoms with E-state index in [1.165, 1.54) is 11.8 Å². The van der Waals surface area contributed by atoms with Gasteiger partial charge in [-0.05, 0) is 25.0 Å². The zero-order valence-corrected chi connectivity index (χ0v) is 18.4. The lowest BCUT2D eigenvalue weighted by Gasteiger charge is -2.39. The summed E-state index contributed by atoms with van der Waals surface area (Å²) in [7, 11) is 1.76. The molecule has 1 aliphatic carbocycles. The summed E-state index contributed by atoms with van der Waals surface area (Å²) in [5.74, 6) is 0.882. The molecule has 31 heavy (non-hydrogen) atoms. The molecule has 158 valence electrons. The molecule has 0 spiro atoms. The number of hydrogen-bond donors (Lipinski definition) is 0. The Bertz CT molecular complexity index is 1070. The largest absolute Gasteiger partial charge is 0.326 e. The Morgan fingerprint density at radius 2 is 1.71 bits per heavy atom. The minimum atomic E-state index is -0.682. The van der Waals surface area contributed by atoms with Crippen LogP contribution in [0.3, 0.4) is 0 Å². The Balaban J connectivity index is 1.58. The number of amides is 1. The van der Waals surface area contributed by atoms with Gasteiger partial charge in [0.2, 0.25) is 5.91 Å². The van der Waals surface area contributed by atoms with Crippen molar-refractivity contribution in [1.29, 1.82) is 5.26 Å². The molecule has 7 heteroatoms. The van der Waals surface area contributed by atoms with E-state index in [0.29, 0.717) is 5.16 Å². The van der Waals surface area contributed by atoms with E-state index in [-0.39, 0.29) is 11.7 Å². The van der Waals surface area contributed by atoms with Crippen LogP contribution in [0, 0.1) is 11.3 Å². The quantitative estimate of drug-likeness (QED) is 0.528. The third-order valence-corrected chi connectivity index (χ3v) is 6.82. The number of hydrogen-bond acceptors (Lipinski definition) is 5. The van der Waals surface area contributed by atoms with E-state index in [9.17, 15) is 10.1 Å². The van der Waals surface area contributed by atoms with Crippen LogP contribution in [0.25, 0.3) is 17.1 Å². The topological polar surface area (TPSA) is 74.8 Å². The maximum absolute atomic E-state index is 13.0. The van der Waals surface area contributed by atoms with Crippen molar-refractivity contribution in [3.8, 4) is 23.1 Å². The predicted molar refractivity (Wildman–Crippen MR) is 122 cm³/mol. The smallest absolute Gasteiger partial charge is 0.234 e.